The minimum atomic E-state index is -0.291. The largest absolute Gasteiger partial charge is 0.493 e. The molecule has 5 nitrogen and oxygen atoms in total. The van der Waals surface area contributed by atoms with E-state index in [0.717, 1.165) is 33.7 Å². The highest BCUT2D eigenvalue weighted by molar-refractivity contribution is 6.33. The predicted molar refractivity (Wildman–Crippen MR) is 109 cm³/mol. The lowest BCUT2D eigenvalue weighted by atomic mass is 9.97. The molecule has 0 spiro atoms. The third kappa shape index (κ3) is 3.34. The van der Waals surface area contributed by atoms with E-state index in [2.05, 4.69) is 9.97 Å². The maximum absolute atomic E-state index is 13.3. The standard InChI is InChI=1S/C21H16ClFN4O/c1-28-19-8-13(10-26-21(19)24)16-9-18(12-2-4-14(23)5-3-12)27-20(16)15-6-7-25-11-17(15)22/h2-8,10-11H,9H2,1H3,(H2,24,26). The Morgan fingerprint density at radius 1 is 1.11 bits per heavy atom. The fourth-order valence-electron chi connectivity index (χ4n) is 3.11. The molecule has 2 N–H and O–H groups in total. The zero-order valence-corrected chi connectivity index (χ0v) is 15.7. The van der Waals surface area contributed by atoms with Crippen LogP contribution in [0.15, 0.2) is 60.0 Å². The third-order valence-corrected chi connectivity index (χ3v) is 4.83. The summed E-state index contributed by atoms with van der Waals surface area (Å²) in [6, 6.07) is 9.91. The highest BCUT2D eigenvalue weighted by Gasteiger charge is 2.24. The molecule has 0 fully saturated rings. The van der Waals surface area contributed by atoms with E-state index in [1.54, 1.807) is 37.8 Å². The quantitative estimate of drug-likeness (QED) is 0.700. The number of ether oxygens (including phenoxy) is 1. The second-order valence-electron chi connectivity index (χ2n) is 6.24. The summed E-state index contributed by atoms with van der Waals surface area (Å²) in [5.41, 5.74) is 10.8. The van der Waals surface area contributed by atoms with Gasteiger partial charge in [-0.15, -0.1) is 0 Å². The molecule has 1 aromatic carbocycles. The number of hydrogen-bond acceptors (Lipinski definition) is 5. The molecule has 0 bridgehead atoms. The van der Waals surface area contributed by atoms with Gasteiger partial charge in [0.15, 0.2) is 11.6 Å². The van der Waals surface area contributed by atoms with Gasteiger partial charge in [-0.05, 0) is 35.4 Å². The van der Waals surface area contributed by atoms with E-state index < -0.39 is 0 Å². The number of aromatic nitrogens is 2. The minimum Gasteiger partial charge on any atom is -0.493 e. The molecule has 140 valence electrons. The molecule has 0 radical (unpaired) electrons. The van der Waals surface area contributed by atoms with Gasteiger partial charge in [0.25, 0.3) is 0 Å². The Kier molecular flexibility index (Phi) is 4.79. The van der Waals surface area contributed by atoms with E-state index >= 15 is 0 Å². The number of anilines is 1. The van der Waals surface area contributed by atoms with Gasteiger partial charge in [0.1, 0.15) is 5.82 Å². The summed E-state index contributed by atoms with van der Waals surface area (Å²) in [5, 5.41) is 0.495. The molecule has 0 unspecified atom stereocenters. The van der Waals surface area contributed by atoms with Gasteiger partial charge in [0.05, 0.1) is 23.5 Å². The lowest BCUT2D eigenvalue weighted by molar-refractivity contribution is 0.415. The predicted octanol–water partition coefficient (Wildman–Crippen LogP) is 4.62. The van der Waals surface area contributed by atoms with Crippen LogP contribution in [0.3, 0.4) is 0 Å². The van der Waals surface area contributed by atoms with Crippen molar-refractivity contribution in [3.05, 3.63) is 82.5 Å². The van der Waals surface area contributed by atoms with Crippen molar-refractivity contribution in [1.29, 1.82) is 0 Å². The summed E-state index contributed by atoms with van der Waals surface area (Å²) >= 11 is 6.38. The van der Waals surface area contributed by atoms with Crippen LogP contribution in [0.4, 0.5) is 10.2 Å². The molecular weight excluding hydrogens is 379 g/mol. The van der Waals surface area contributed by atoms with Crippen molar-refractivity contribution in [3.63, 3.8) is 0 Å². The smallest absolute Gasteiger partial charge is 0.166 e. The molecule has 1 aliphatic heterocycles. The zero-order chi connectivity index (χ0) is 19.7. The molecule has 0 amide bonds. The summed E-state index contributed by atoms with van der Waals surface area (Å²) in [4.78, 5) is 13.1. The molecule has 0 saturated heterocycles. The van der Waals surface area contributed by atoms with Crippen LogP contribution in [0.5, 0.6) is 5.75 Å². The zero-order valence-electron chi connectivity index (χ0n) is 15.0. The van der Waals surface area contributed by atoms with E-state index in [9.17, 15) is 4.39 Å². The van der Waals surface area contributed by atoms with Gasteiger partial charge in [0.2, 0.25) is 0 Å². The number of rotatable bonds is 4. The van der Waals surface area contributed by atoms with Crippen LogP contribution in [0, 0.1) is 5.82 Å². The van der Waals surface area contributed by atoms with Gasteiger partial charge < -0.3 is 10.5 Å². The van der Waals surface area contributed by atoms with E-state index in [4.69, 9.17) is 27.1 Å². The first-order valence-corrected chi connectivity index (χ1v) is 8.91. The fraction of sp³-hybridized carbons (Fsp3) is 0.0952. The number of benzene rings is 1. The Balaban J connectivity index is 1.85. The minimum absolute atomic E-state index is 0.291. The molecule has 7 heteroatoms. The van der Waals surface area contributed by atoms with Crippen LogP contribution in [0.1, 0.15) is 23.1 Å². The first-order valence-electron chi connectivity index (χ1n) is 8.53. The number of halogens is 2. The van der Waals surface area contributed by atoms with E-state index in [1.165, 1.54) is 12.1 Å². The molecule has 0 aliphatic carbocycles. The molecule has 3 aromatic rings. The van der Waals surface area contributed by atoms with Crippen LogP contribution in [-0.4, -0.2) is 22.8 Å². The second kappa shape index (κ2) is 7.40. The molecule has 3 heterocycles. The number of allylic oxidation sites excluding steroid dienone is 1. The highest BCUT2D eigenvalue weighted by Crippen LogP contribution is 2.40. The van der Waals surface area contributed by atoms with E-state index in [0.29, 0.717) is 23.0 Å². The van der Waals surface area contributed by atoms with E-state index in [-0.39, 0.29) is 5.82 Å². The van der Waals surface area contributed by atoms with E-state index in [1.807, 2.05) is 12.1 Å². The highest BCUT2D eigenvalue weighted by atomic mass is 35.5. The van der Waals surface area contributed by atoms with Crippen molar-refractivity contribution in [3.8, 4) is 5.75 Å². The second-order valence-corrected chi connectivity index (χ2v) is 6.64. The van der Waals surface area contributed by atoms with Gasteiger partial charge in [-0.1, -0.05) is 23.7 Å². The van der Waals surface area contributed by atoms with Gasteiger partial charge in [0, 0.05) is 36.1 Å². The monoisotopic (exact) mass is 394 g/mol. The molecule has 0 atom stereocenters. The maximum atomic E-state index is 13.3. The number of pyridine rings is 2. The van der Waals surface area contributed by atoms with Gasteiger partial charge in [-0.2, -0.15) is 0 Å². The Morgan fingerprint density at radius 2 is 1.89 bits per heavy atom. The number of nitrogens with zero attached hydrogens (tertiary/aromatic N) is 3. The summed E-state index contributed by atoms with van der Waals surface area (Å²) in [7, 11) is 1.54. The van der Waals surface area contributed by atoms with Crippen molar-refractivity contribution in [2.75, 3.05) is 12.8 Å². The van der Waals surface area contributed by atoms with Gasteiger partial charge >= 0.3 is 0 Å². The Bertz CT molecular complexity index is 1110. The number of aliphatic imine (C=N–C) groups is 1. The van der Waals surface area contributed by atoms with Crippen LogP contribution < -0.4 is 10.5 Å². The molecule has 28 heavy (non-hydrogen) atoms. The lowest BCUT2D eigenvalue weighted by Crippen LogP contribution is -2.00. The number of nitrogen functional groups attached to an aromatic ring is 1. The molecule has 1 aliphatic rings. The van der Waals surface area contributed by atoms with Crippen LogP contribution in [-0.2, 0) is 0 Å². The number of methoxy groups -OCH3 is 1. The number of hydrogen-bond donors (Lipinski definition) is 1. The van der Waals surface area contributed by atoms with Crippen molar-refractivity contribution in [1.82, 2.24) is 9.97 Å². The Hall–Kier alpha value is -3.25. The molecule has 2 aromatic heterocycles. The van der Waals surface area contributed by atoms with Crippen molar-refractivity contribution in [2.45, 2.75) is 6.42 Å². The lowest BCUT2D eigenvalue weighted by Gasteiger charge is -2.10. The van der Waals surface area contributed by atoms with Gasteiger partial charge in [-0.3, -0.25) is 9.98 Å². The summed E-state index contributed by atoms with van der Waals surface area (Å²) in [5.74, 6) is 0.508. The maximum Gasteiger partial charge on any atom is 0.166 e. The summed E-state index contributed by atoms with van der Waals surface area (Å²) in [6.45, 7) is 0. The van der Waals surface area contributed by atoms with Crippen molar-refractivity contribution < 1.29 is 9.13 Å². The van der Waals surface area contributed by atoms with Crippen LogP contribution >= 0.6 is 11.6 Å². The van der Waals surface area contributed by atoms with Crippen LogP contribution in [0.2, 0.25) is 5.02 Å². The molecular formula is C21H16ClFN4O. The normalized spacial score (nSPS) is 13.6. The average molecular weight is 395 g/mol. The topological polar surface area (TPSA) is 73.4 Å². The molecule has 4 rings (SSSR count). The Morgan fingerprint density at radius 3 is 2.61 bits per heavy atom. The van der Waals surface area contributed by atoms with Gasteiger partial charge in [-0.25, -0.2) is 9.37 Å². The van der Waals surface area contributed by atoms with Crippen LogP contribution in [0.25, 0.3) is 11.3 Å². The fourth-order valence-corrected chi connectivity index (χ4v) is 3.32. The first kappa shape index (κ1) is 18.1. The number of nitrogens with two attached hydrogens (primary N) is 1. The average Bonchev–Trinajstić information content (AvgIpc) is 3.14. The first-order chi connectivity index (χ1) is 13.6. The summed E-state index contributed by atoms with van der Waals surface area (Å²) in [6.07, 6.45) is 5.47. The van der Waals surface area contributed by atoms with Crippen molar-refractivity contribution >= 4 is 34.4 Å². The van der Waals surface area contributed by atoms with Crippen molar-refractivity contribution in [2.24, 2.45) is 4.99 Å². The Labute approximate surface area is 166 Å². The molecule has 0 saturated carbocycles. The summed E-state index contributed by atoms with van der Waals surface area (Å²) < 4.78 is 18.6. The SMILES string of the molecule is COc1cc(C2=C(c3ccncc3Cl)N=C(c3ccc(F)cc3)C2)cnc1N. The third-order valence-electron chi connectivity index (χ3n) is 4.53.